The SMILES string of the molecule is CCOC(=O)C1=C[C@@H](C(C)(C)C)C(C(=O)OCC)=C[C@H](C(C)(C)C)O1. The van der Waals surface area contributed by atoms with E-state index in [4.69, 9.17) is 14.2 Å². The van der Waals surface area contributed by atoms with Crippen molar-refractivity contribution >= 4 is 11.9 Å². The van der Waals surface area contributed by atoms with E-state index in [0.717, 1.165) is 0 Å². The first-order valence-corrected chi connectivity index (χ1v) is 8.86. The highest BCUT2D eigenvalue weighted by Crippen LogP contribution is 2.39. The fourth-order valence-electron chi connectivity index (χ4n) is 2.59. The van der Waals surface area contributed by atoms with Crippen LogP contribution in [-0.2, 0) is 23.8 Å². The van der Waals surface area contributed by atoms with Crippen LogP contribution >= 0.6 is 0 Å². The third-order valence-electron chi connectivity index (χ3n) is 4.01. The molecule has 0 radical (unpaired) electrons. The molecule has 0 saturated heterocycles. The van der Waals surface area contributed by atoms with Crippen molar-refractivity contribution < 1.29 is 23.8 Å². The van der Waals surface area contributed by atoms with Gasteiger partial charge < -0.3 is 14.2 Å². The Morgan fingerprint density at radius 1 is 0.920 bits per heavy atom. The monoisotopic (exact) mass is 352 g/mol. The van der Waals surface area contributed by atoms with Crippen molar-refractivity contribution in [1.29, 1.82) is 0 Å². The molecule has 1 aliphatic rings. The quantitative estimate of drug-likeness (QED) is 0.715. The predicted molar refractivity (Wildman–Crippen MR) is 96.7 cm³/mol. The van der Waals surface area contributed by atoms with Gasteiger partial charge in [0.2, 0.25) is 5.76 Å². The van der Waals surface area contributed by atoms with Crippen molar-refractivity contribution in [3.63, 3.8) is 0 Å². The van der Waals surface area contributed by atoms with Crippen LogP contribution < -0.4 is 0 Å². The Morgan fingerprint density at radius 3 is 1.88 bits per heavy atom. The molecule has 0 spiro atoms. The van der Waals surface area contributed by atoms with Gasteiger partial charge in [-0.2, -0.15) is 0 Å². The molecule has 0 amide bonds. The summed E-state index contributed by atoms with van der Waals surface area (Å²) in [4.78, 5) is 24.9. The fourth-order valence-corrected chi connectivity index (χ4v) is 2.59. The number of ether oxygens (including phenoxy) is 3. The molecule has 0 aromatic rings. The van der Waals surface area contributed by atoms with E-state index in [9.17, 15) is 9.59 Å². The van der Waals surface area contributed by atoms with E-state index in [-0.39, 0.29) is 35.1 Å². The molecule has 2 atom stereocenters. The lowest BCUT2D eigenvalue weighted by Gasteiger charge is -2.30. The number of hydrogen-bond acceptors (Lipinski definition) is 5. The zero-order valence-corrected chi connectivity index (χ0v) is 16.8. The molecule has 0 N–H and O–H groups in total. The molecular formula is C20H32O5. The molecule has 0 unspecified atom stereocenters. The lowest BCUT2D eigenvalue weighted by molar-refractivity contribution is -0.144. The third kappa shape index (κ3) is 5.62. The first-order valence-electron chi connectivity index (χ1n) is 8.86. The first-order chi connectivity index (χ1) is 11.4. The maximum atomic E-state index is 12.6. The van der Waals surface area contributed by atoms with Gasteiger partial charge in [-0.15, -0.1) is 0 Å². The van der Waals surface area contributed by atoms with E-state index >= 15 is 0 Å². The number of carbonyl (C=O) groups is 2. The van der Waals surface area contributed by atoms with Crippen LogP contribution in [0.4, 0.5) is 0 Å². The number of esters is 2. The molecule has 0 saturated carbocycles. The van der Waals surface area contributed by atoms with E-state index in [2.05, 4.69) is 0 Å². The second-order valence-electron chi connectivity index (χ2n) is 8.34. The third-order valence-corrected chi connectivity index (χ3v) is 4.01. The van der Waals surface area contributed by atoms with Crippen LogP contribution in [-0.4, -0.2) is 31.3 Å². The van der Waals surface area contributed by atoms with Gasteiger partial charge in [0.05, 0.1) is 13.2 Å². The normalized spacial score (nSPS) is 21.4. The number of carbonyl (C=O) groups excluding carboxylic acids is 2. The van der Waals surface area contributed by atoms with Gasteiger partial charge in [-0.05, 0) is 31.4 Å². The van der Waals surface area contributed by atoms with E-state index < -0.39 is 12.1 Å². The maximum absolute atomic E-state index is 12.6. The van der Waals surface area contributed by atoms with Crippen LogP contribution in [0.3, 0.4) is 0 Å². The Bertz CT molecular complexity index is 558. The Morgan fingerprint density at radius 2 is 1.44 bits per heavy atom. The zero-order chi connectivity index (χ0) is 19.4. The van der Waals surface area contributed by atoms with Gasteiger partial charge in [-0.25, -0.2) is 9.59 Å². The summed E-state index contributed by atoms with van der Waals surface area (Å²) in [7, 11) is 0. The van der Waals surface area contributed by atoms with Gasteiger partial charge in [0.1, 0.15) is 6.10 Å². The highest BCUT2D eigenvalue weighted by atomic mass is 16.6. The van der Waals surface area contributed by atoms with E-state index in [0.29, 0.717) is 12.2 Å². The van der Waals surface area contributed by atoms with Gasteiger partial charge in [0, 0.05) is 16.9 Å². The highest BCUT2D eigenvalue weighted by Gasteiger charge is 2.39. The highest BCUT2D eigenvalue weighted by molar-refractivity contribution is 5.91. The number of rotatable bonds is 4. The molecular weight excluding hydrogens is 320 g/mol. The van der Waals surface area contributed by atoms with Crippen LogP contribution in [0.2, 0.25) is 0 Å². The summed E-state index contributed by atoms with van der Waals surface area (Å²) >= 11 is 0. The molecule has 0 aromatic heterocycles. The maximum Gasteiger partial charge on any atom is 0.373 e. The molecule has 142 valence electrons. The second-order valence-corrected chi connectivity index (χ2v) is 8.34. The summed E-state index contributed by atoms with van der Waals surface area (Å²) in [6, 6.07) is 0. The molecule has 0 aliphatic carbocycles. The molecule has 5 heteroatoms. The summed E-state index contributed by atoms with van der Waals surface area (Å²) in [5.41, 5.74) is -0.0867. The summed E-state index contributed by atoms with van der Waals surface area (Å²) in [5, 5.41) is 0. The Hall–Kier alpha value is -1.78. The fraction of sp³-hybridized carbons (Fsp3) is 0.700. The smallest absolute Gasteiger partial charge is 0.373 e. The van der Waals surface area contributed by atoms with Crippen molar-refractivity contribution in [1.82, 2.24) is 0 Å². The zero-order valence-electron chi connectivity index (χ0n) is 16.8. The van der Waals surface area contributed by atoms with Crippen molar-refractivity contribution in [2.45, 2.75) is 61.5 Å². The molecule has 1 rings (SSSR count). The molecule has 25 heavy (non-hydrogen) atoms. The van der Waals surface area contributed by atoms with E-state index in [1.807, 2.05) is 41.5 Å². The molecule has 5 nitrogen and oxygen atoms in total. The molecule has 1 aliphatic heterocycles. The van der Waals surface area contributed by atoms with Crippen molar-refractivity contribution in [3.8, 4) is 0 Å². The van der Waals surface area contributed by atoms with Gasteiger partial charge >= 0.3 is 11.9 Å². The molecule has 0 fully saturated rings. The second kappa shape index (κ2) is 8.07. The van der Waals surface area contributed by atoms with Crippen LogP contribution in [0, 0.1) is 16.7 Å². The minimum atomic E-state index is -0.510. The predicted octanol–water partition coefficient (Wildman–Crippen LogP) is 4.03. The van der Waals surface area contributed by atoms with Crippen LogP contribution in [0.25, 0.3) is 0 Å². The largest absolute Gasteiger partial charge is 0.479 e. The van der Waals surface area contributed by atoms with Gasteiger partial charge in [0.25, 0.3) is 0 Å². The Kier molecular flexibility index (Phi) is 6.86. The first kappa shape index (κ1) is 21.3. The minimum absolute atomic E-state index is 0.150. The number of hydrogen-bond donors (Lipinski definition) is 0. The lowest BCUT2D eigenvalue weighted by atomic mass is 9.75. The van der Waals surface area contributed by atoms with Gasteiger partial charge in [-0.3, -0.25) is 0 Å². The topological polar surface area (TPSA) is 61.8 Å². The van der Waals surface area contributed by atoms with Crippen LogP contribution in [0.5, 0.6) is 0 Å². The van der Waals surface area contributed by atoms with Crippen molar-refractivity contribution in [2.75, 3.05) is 13.2 Å². The lowest BCUT2D eigenvalue weighted by Crippen LogP contribution is -2.30. The average Bonchev–Trinajstić information content (AvgIpc) is 2.67. The summed E-state index contributed by atoms with van der Waals surface area (Å²) < 4.78 is 16.4. The van der Waals surface area contributed by atoms with Crippen LogP contribution in [0.1, 0.15) is 55.4 Å². The number of allylic oxidation sites excluding steroid dienone is 1. The molecule has 0 bridgehead atoms. The van der Waals surface area contributed by atoms with Crippen molar-refractivity contribution in [3.05, 3.63) is 23.5 Å². The van der Waals surface area contributed by atoms with Crippen molar-refractivity contribution in [2.24, 2.45) is 16.7 Å². The Labute approximate surface area is 151 Å². The molecule has 1 heterocycles. The van der Waals surface area contributed by atoms with Crippen LogP contribution in [0.15, 0.2) is 23.5 Å². The standard InChI is InChI=1S/C20H32O5/c1-9-23-17(21)13-11-16(20(6,7)8)25-15(18(22)24-10-2)12-14(13)19(3,4)5/h11-12,14,16H,9-10H2,1-8H3/t14-,16-/m1/s1. The Balaban J connectivity index is 3.50. The van der Waals surface area contributed by atoms with Gasteiger partial charge in [-0.1, -0.05) is 41.5 Å². The minimum Gasteiger partial charge on any atom is -0.479 e. The molecule has 0 aromatic carbocycles. The van der Waals surface area contributed by atoms with Gasteiger partial charge in [0.15, 0.2) is 0 Å². The van der Waals surface area contributed by atoms with E-state index in [1.54, 1.807) is 26.0 Å². The summed E-state index contributed by atoms with van der Waals surface area (Å²) in [6.07, 6.45) is 3.05. The average molecular weight is 352 g/mol. The summed E-state index contributed by atoms with van der Waals surface area (Å²) in [5.74, 6) is -1.05. The summed E-state index contributed by atoms with van der Waals surface area (Å²) in [6.45, 7) is 16.1. The van der Waals surface area contributed by atoms with E-state index in [1.165, 1.54) is 0 Å².